The lowest BCUT2D eigenvalue weighted by molar-refractivity contribution is 0.0689. The first-order valence-corrected chi connectivity index (χ1v) is 18.1. The molecule has 0 saturated heterocycles. The molecule has 0 radical (unpaired) electrons. The highest BCUT2D eigenvalue weighted by Gasteiger charge is 2.37. The fourth-order valence-electron chi connectivity index (χ4n) is 5.00. The Bertz CT molecular complexity index is 1640. The average molecular weight is 624 g/mol. The molecule has 4 rings (SSSR count). The summed E-state index contributed by atoms with van der Waals surface area (Å²) in [6.45, 7) is 11.8. The molecule has 0 bridgehead atoms. The van der Waals surface area contributed by atoms with Crippen molar-refractivity contribution in [3.8, 4) is 5.88 Å². The van der Waals surface area contributed by atoms with Crippen LogP contribution in [0.5, 0.6) is 5.88 Å². The van der Waals surface area contributed by atoms with E-state index >= 15 is 0 Å². The Balaban J connectivity index is 1.62. The van der Waals surface area contributed by atoms with Gasteiger partial charge in [0, 0.05) is 27.4 Å². The van der Waals surface area contributed by atoms with Gasteiger partial charge in [0.05, 0.1) is 22.5 Å². The summed E-state index contributed by atoms with van der Waals surface area (Å²) in [5, 5.41) is 13.3. The van der Waals surface area contributed by atoms with E-state index in [1.54, 1.807) is 24.4 Å². The number of nitrogens with zero attached hydrogens (tertiary/aromatic N) is 4. The number of fused-ring (bicyclic) bond motifs is 1. The maximum Gasteiger partial charge on any atom is 0.408 e. The highest BCUT2D eigenvalue weighted by Crippen LogP contribution is 2.28. The van der Waals surface area contributed by atoms with Gasteiger partial charge in [-0.1, -0.05) is 62.1 Å². The summed E-state index contributed by atoms with van der Waals surface area (Å²) in [5.41, 5.74) is 1.03. The zero-order valence-electron chi connectivity index (χ0n) is 25.9. The molecule has 2 N–H and O–H groups in total. The lowest BCUT2D eigenvalue weighted by atomic mass is 9.95. The van der Waals surface area contributed by atoms with Gasteiger partial charge in [0.15, 0.2) is 0 Å². The number of rotatable bonds is 12. The van der Waals surface area contributed by atoms with Crippen LogP contribution in [-0.4, -0.2) is 56.5 Å². The van der Waals surface area contributed by atoms with Crippen LogP contribution in [0.2, 0.25) is 25.7 Å². The van der Waals surface area contributed by atoms with Crippen molar-refractivity contribution >= 4 is 25.7 Å². The number of ether oxygens (including phenoxy) is 1. The molecule has 2 heterocycles. The van der Waals surface area contributed by atoms with E-state index in [0.717, 1.165) is 23.7 Å². The van der Waals surface area contributed by atoms with Gasteiger partial charge in [-0.25, -0.2) is 23.5 Å². The fraction of sp³-hybridized carbons (Fsp3) is 0.375. The summed E-state index contributed by atoms with van der Waals surface area (Å²) in [7, 11) is -1.56. The van der Waals surface area contributed by atoms with Crippen LogP contribution in [0.15, 0.2) is 54.7 Å². The van der Waals surface area contributed by atoms with Gasteiger partial charge >= 0.3 is 6.09 Å². The molecule has 2 amide bonds. The smallest absolute Gasteiger partial charge is 0.408 e. The first-order chi connectivity index (χ1) is 20.7. The molecule has 234 valence electrons. The van der Waals surface area contributed by atoms with Crippen molar-refractivity contribution in [3.05, 3.63) is 94.6 Å². The highest BCUT2D eigenvalue weighted by molar-refractivity contribution is 6.76. The Kier molecular flexibility index (Phi) is 9.72. The van der Waals surface area contributed by atoms with E-state index in [2.05, 4.69) is 34.9 Å². The van der Waals surface area contributed by atoms with Crippen LogP contribution in [0.1, 0.15) is 46.3 Å². The third-order valence-electron chi connectivity index (χ3n) is 7.61. The monoisotopic (exact) mass is 623 g/mol. The van der Waals surface area contributed by atoms with E-state index in [-0.39, 0.29) is 35.9 Å². The summed E-state index contributed by atoms with van der Waals surface area (Å²) in [6.07, 6.45) is 1.13. The van der Waals surface area contributed by atoms with E-state index in [4.69, 9.17) is 4.74 Å². The van der Waals surface area contributed by atoms with Gasteiger partial charge < -0.3 is 15.2 Å². The predicted octanol–water partition coefficient (Wildman–Crippen LogP) is 6.60. The van der Waals surface area contributed by atoms with Gasteiger partial charge in [0.2, 0.25) is 5.65 Å². The van der Waals surface area contributed by atoms with Crippen LogP contribution < -0.4 is 10.1 Å². The number of aryl methyl sites for hydroxylation is 2. The Morgan fingerprint density at radius 1 is 1.05 bits per heavy atom. The minimum Gasteiger partial charge on any atom is -0.470 e. The SMILES string of the molecule is Cc1cn2c(C(=O)NCC(C)(CC[Si](C)(C)C)N(Cc3ccccc3)C(=O)O)c(C)nc2c(OCc2c(F)cccc2F)n1. The number of carboxylic acid groups (broad SMARTS) is 1. The van der Waals surface area contributed by atoms with Gasteiger partial charge in [0.25, 0.3) is 11.8 Å². The third-order valence-corrected chi connectivity index (χ3v) is 9.36. The van der Waals surface area contributed by atoms with Crippen LogP contribution in [0, 0.1) is 25.5 Å². The number of imidazole rings is 1. The molecule has 1 atom stereocenters. The van der Waals surface area contributed by atoms with Gasteiger partial charge in [-0.3, -0.25) is 14.1 Å². The van der Waals surface area contributed by atoms with Crippen LogP contribution >= 0.6 is 0 Å². The third kappa shape index (κ3) is 7.60. The summed E-state index contributed by atoms with van der Waals surface area (Å²) in [6, 6.07) is 13.8. The second kappa shape index (κ2) is 13.1. The molecule has 9 nitrogen and oxygen atoms in total. The van der Waals surface area contributed by atoms with Crippen molar-refractivity contribution in [2.45, 2.75) is 71.6 Å². The number of aromatic nitrogens is 3. The maximum atomic E-state index is 14.2. The largest absolute Gasteiger partial charge is 0.470 e. The van der Waals surface area contributed by atoms with Gasteiger partial charge in [0.1, 0.15) is 23.9 Å². The Morgan fingerprint density at radius 2 is 1.70 bits per heavy atom. The molecule has 1 unspecified atom stereocenters. The molecule has 4 aromatic rings. The van der Waals surface area contributed by atoms with Crippen LogP contribution in [-0.2, 0) is 13.2 Å². The molecule has 0 aliphatic carbocycles. The number of amides is 2. The summed E-state index contributed by atoms with van der Waals surface area (Å²) < 4.78 is 35.7. The zero-order chi connectivity index (χ0) is 32.2. The number of hydrogen-bond donors (Lipinski definition) is 2. The Hall–Kier alpha value is -4.32. The van der Waals surface area contributed by atoms with Crippen molar-refractivity contribution < 1.29 is 28.2 Å². The van der Waals surface area contributed by atoms with E-state index in [9.17, 15) is 23.5 Å². The minimum absolute atomic E-state index is 0.0229. The molecule has 0 saturated carbocycles. The van der Waals surface area contributed by atoms with E-state index in [1.807, 2.05) is 37.3 Å². The standard InChI is InChI=1S/C32H39F2N5O4Si/c1-21-17-38-27(22(2)37-28(38)30(36-21)43-19-24-25(33)13-10-14-26(24)34)29(40)35-20-32(3,15-16-44(4,5)6)39(31(41)42)18-23-11-8-7-9-12-23/h7-14,17H,15-16,18-20H2,1-6H3,(H,35,40)(H,41,42). The van der Waals surface area contributed by atoms with Crippen LogP contribution in [0.25, 0.3) is 5.65 Å². The van der Waals surface area contributed by atoms with Crippen molar-refractivity contribution in [1.29, 1.82) is 0 Å². The van der Waals surface area contributed by atoms with Gasteiger partial charge in [-0.05, 0) is 44.9 Å². The number of hydrogen-bond acceptors (Lipinski definition) is 5. The first kappa shape index (κ1) is 32.6. The number of carbonyl (C=O) groups excluding carboxylic acids is 1. The van der Waals surface area contributed by atoms with E-state index in [0.29, 0.717) is 17.8 Å². The Morgan fingerprint density at radius 3 is 2.32 bits per heavy atom. The van der Waals surface area contributed by atoms with Crippen molar-refractivity contribution in [3.63, 3.8) is 0 Å². The lowest BCUT2D eigenvalue weighted by Gasteiger charge is -2.41. The second-order valence-electron chi connectivity index (χ2n) is 12.5. The fourth-order valence-corrected chi connectivity index (χ4v) is 6.29. The van der Waals surface area contributed by atoms with Gasteiger partial charge in [-0.2, -0.15) is 0 Å². The number of halogens is 2. The van der Waals surface area contributed by atoms with E-state index < -0.39 is 43.9 Å². The minimum atomic E-state index is -1.56. The molecule has 0 spiro atoms. The highest BCUT2D eigenvalue weighted by atomic mass is 28.3. The molecular weight excluding hydrogens is 584 g/mol. The van der Waals surface area contributed by atoms with Crippen LogP contribution in [0.4, 0.5) is 13.6 Å². The molecule has 0 aliphatic heterocycles. The number of benzene rings is 2. The molecule has 44 heavy (non-hydrogen) atoms. The predicted molar refractivity (Wildman–Crippen MR) is 167 cm³/mol. The molecule has 0 aliphatic rings. The summed E-state index contributed by atoms with van der Waals surface area (Å²) in [5.74, 6) is -1.91. The number of nitrogens with one attached hydrogen (secondary N) is 1. The maximum absolute atomic E-state index is 14.2. The molecule has 2 aromatic carbocycles. The molecular formula is C32H39F2N5O4Si. The summed E-state index contributed by atoms with van der Waals surface area (Å²) >= 11 is 0. The van der Waals surface area contributed by atoms with Crippen molar-refractivity contribution in [2.24, 2.45) is 0 Å². The number of carbonyl (C=O) groups is 2. The topological polar surface area (TPSA) is 109 Å². The molecule has 12 heteroatoms. The lowest BCUT2D eigenvalue weighted by Crippen LogP contribution is -2.56. The van der Waals surface area contributed by atoms with Crippen molar-refractivity contribution in [2.75, 3.05) is 6.54 Å². The zero-order valence-corrected chi connectivity index (χ0v) is 26.9. The quantitative estimate of drug-likeness (QED) is 0.172. The van der Waals surface area contributed by atoms with Crippen molar-refractivity contribution in [1.82, 2.24) is 24.6 Å². The normalized spacial score (nSPS) is 13.0. The van der Waals surface area contributed by atoms with Crippen LogP contribution in [0.3, 0.4) is 0 Å². The molecule has 0 fully saturated rings. The average Bonchev–Trinajstić information content (AvgIpc) is 3.29. The second-order valence-corrected chi connectivity index (χ2v) is 18.1. The van der Waals surface area contributed by atoms with Gasteiger partial charge in [-0.15, -0.1) is 0 Å². The summed E-state index contributed by atoms with van der Waals surface area (Å²) in [4.78, 5) is 36.6. The first-order valence-electron chi connectivity index (χ1n) is 14.4. The Labute approximate surface area is 256 Å². The van der Waals surface area contributed by atoms with E-state index in [1.165, 1.54) is 11.0 Å². The molecule has 2 aromatic heterocycles.